The van der Waals surface area contributed by atoms with Gasteiger partial charge in [-0.15, -0.1) is 0 Å². The summed E-state index contributed by atoms with van der Waals surface area (Å²) in [6.45, 7) is 14.4. The Bertz CT molecular complexity index is 843. The van der Waals surface area contributed by atoms with Crippen LogP contribution >= 0.6 is 0 Å². The van der Waals surface area contributed by atoms with Crippen molar-refractivity contribution in [1.29, 1.82) is 0 Å². The van der Waals surface area contributed by atoms with Gasteiger partial charge in [0.1, 0.15) is 23.9 Å². The van der Waals surface area contributed by atoms with E-state index < -0.39 is 53.9 Å². The molecule has 6 atom stereocenters. The van der Waals surface area contributed by atoms with Gasteiger partial charge in [0.25, 0.3) is 0 Å². The van der Waals surface area contributed by atoms with Crippen LogP contribution in [-0.2, 0) is 23.9 Å². The number of amides is 3. The Balaban J connectivity index is 2.80. The molecule has 0 aromatic heterocycles. The van der Waals surface area contributed by atoms with E-state index in [0.717, 1.165) is 25.7 Å². The van der Waals surface area contributed by atoms with E-state index in [1.54, 1.807) is 20.8 Å². The van der Waals surface area contributed by atoms with E-state index in [1.807, 2.05) is 6.92 Å². The fraction of sp³-hybridized carbons (Fsp3) is 0.812. The van der Waals surface area contributed by atoms with Gasteiger partial charge >= 0.3 is 5.97 Å². The number of hydrogen-bond donors (Lipinski definition) is 4. The third-order valence-electron chi connectivity index (χ3n) is 8.05. The minimum Gasteiger partial charge on any atom is -0.457 e. The minimum atomic E-state index is -1.34. The highest BCUT2D eigenvalue weighted by molar-refractivity contribution is 5.98. The van der Waals surface area contributed by atoms with E-state index in [-0.39, 0.29) is 17.5 Å². The zero-order valence-electron chi connectivity index (χ0n) is 26.4. The van der Waals surface area contributed by atoms with Gasteiger partial charge in [-0.05, 0) is 25.2 Å². The fourth-order valence-electron chi connectivity index (χ4n) is 5.27. The van der Waals surface area contributed by atoms with Crippen LogP contribution in [0.4, 0.5) is 0 Å². The number of unbranched alkanes of at least 4 members (excludes halogenated alkanes) is 11. The second-order valence-corrected chi connectivity index (χ2v) is 12.2. The third kappa shape index (κ3) is 13.4. The maximum atomic E-state index is 13.3. The topological polar surface area (TPSA) is 134 Å². The second kappa shape index (κ2) is 19.7. The molecule has 0 aromatic carbocycles. The largest absolute Gasteiger partial charge is 0.457 e. The minimum absolute atomic E-state index is 0.131. The SMILES string of the molecule is C=C1NC(=O)C([C@@H](C)O)NC(=O)[C@H](C(C)C)NC(=O)[C@H](C)C([C@@H](C)CCCCCCCCCCCCCC)OC1=O. The highest BCUT2D eigenvalue weighted by Crippen LogP contribution is 2.25. The van der Waals surface area contributed by atoms with Crippen molar-refractivity contribution in [2.24, 2.45) is 17.8 Å². The van der Waals surface area contributed by atoms with Crippen LogP contribution in [0.15, 0.2) is 12.3 Å². The van der Waals surface area contributed by atoms with Crippen LogP contribution in [0.1, 0.15) is 125 Å². The van der Waals surface area contributed by atoms with Crippen molar-refractivity contribution in [3.8, 4) is 0 Å². The molecule has 1 aliphatic rings. The Hall–Kier alpha value is -2.42. The van der Waals surface area contributed by atoms with Crippen LogP contribution in [0.3, 0.4) is 0 Å². The van der Waals surface area contributed by atoms with E-state index in [9.17, 15) is 24.3 Å². The first-order valence-electron chi connectivity index (χ1n) is 15.9. The van der Waals surface area contributed by atoms with Crippen LogP contribution in [0.2, 0.25) is 0 Å². The van der Waals surface area contributed by atoms with E-state index in [0.29, 0.717) is 0 Å². The summed E-state index contributed by atoms with van der Waals surface area (Å²) in [5.41, 5.74) is -0.315. The van der Waals surface area contributed by atoms with Crippen molar-refractivity contribution >= 4 is 23.7 Å². The van der Waals surface area contributed by atoms with Crippen molar-refractivity contribution in [2.75, 3.05) is 0 Å². The van der Waals surface area contributed by atoms with Gasteiger partial charge in [0, 0.05) is 0 Å². The zero-order valence-corrected chi connectivity index (χ0v) is 26.4. The monoisotopic (exact) mass is 579 g/mol. The van der Waals surface area contributed by atoms with Crippen molar-refractivity contribution in [1.82, 2.24) is 16.0 Å². The molecule has 0 aromatic rings. The predicted octanol–water partition coefficient (Wildman–Crippen LogP) is 4.91. The average Bonchev–Trinajstić information content (AvgIpc) is 2.92. The van der Waals surface area contributed by atoms with Gasteiger partial charge in [-0.25, -0.2) is 4.79 Å². The molecule has 2 unspecified atom stereocenters. The maximum Gasteiger partial charge on any atom is 0.354 e. The molecule has 0 saturated carbocycles. The van der Waals surface area contributed by atoms with Crippen LogP contribution in [-0.4, -0.2) is 53.1 Å². The summed E-state index contributed by atoms with van der Waals surface area (Å²) >= 11 is 0. The molecule has 1 saturated heterocycles. The molecule has 0 aliphatic carbocycles. The molecule has 0 bridgehead atoms. The number of hydrogen-bond acceptors (Lipinski definition) is 6. The maximum absolute atomic E-state index is 13.3. The summed E-state index contributed by atoms with van der Waals surface area (Å²) in [5, 5.41) is 17.7. The number of ether oxygens (including phenoxy) is 1. The van der Waals surface area contributed by atoms with Crippen LogP contribution < -0.4 is 16.0 Å². The third-order valence-corrected chi connectivity index (χ3v) is 8.05. The Morgan fingerprint density at radius 1 is 0.756 bits per heavy atom. The molecule has 236 valence electrons. The van der Waals surface area contributed by atoms with Crippen molar-refractivity contribution in [3.05, 3.63) is 12.3 Å². The van der Waals surface area contributed by atoms with Crippen molar-refractivity contribution in [2.45, 2.75) is 149 Å². The van der Waals surface area contributed by atoms with Crippen molar-refractivity contribution in [3.63, 3.8) is 0 Å². The number of rotatable bonds is 16. The van der Waals surface area contributed by atoms with E-state index in [1.165, 1.54) is 64.7 Å². The normalized spacial score (nSPS) is 24.3. The van der Waals surface area contributed by atoms with Gasteiger partial charge in [-0.2, -0.15) is 0 Å². The van der Waals surface area contributed by atoms with Crippen LogP contribution in [0.5, 0.6) is 0 Å². The summed E-state index contributed by atoms with van der Waals surface area (Å²) in [6, 6.07) is -2.28. The molecule has 41 heavy (non-hydrogen) atoms. The molecule has 9 heteroatoms. The van der Waals surface area contributed by atoms with Gasteiger partial charge in [0.05, 0.1) is 12.0 Å². The lowest BCUT2D eigenvalue weighted by atomic mass is 9.88. The van der Waals surface area contributed by atoms with E-state index in [4.69, 9.17) is 4.74 Å². The number of nitrogens with one attached hydrogen (secondary N) is 3. The predicted molar refractivity (Wildman–Crippen MR) is 162 cm³/mol. The van der Waals surface area contributed by atoms with Gasteiger partial charge in [0.15, 0.2) is 0 Å². The number of carbonyl (C=O) groups excluding carboxylic acids is 4. The quantitative estimate of drug-likeness (QED) is 0.117. The Morgan fingerprint density at radius 3 is 1.73 bits per heavy atom. The lowest BCUT2D eigenvalue weighted by molar-refractivity contribution is -0.154. The van der Waals surface area contributed by atoms with Gasteiger partial charge in [-0.3, -0.25) is 14.4 Å². The van der Waals surface area contributed by atoms with E-state index >= 15 is 0 Å². The highest BCUT2D eigenvalue weighted by Gasteiger charge is 2.37. The summed E-state index contributed by atoms with van der Waals surface area (Å²) in [7, 11) is 0. The summed E-state index contributed by atoms with van der Waals surface area (Å²) in [5.74, 6) is -3.82. The average molecular weight is 580 g/mol. The second-order valence-electron chi connectivity index (χ2n) is 12.2. The Morgan fingerprint density at radius 2 is 1.24 bits per heavy atom. The molecule has 0 spiro atoms. The summed E-state index contributed by atoms with van der Waals surface area (Å²) in [4.78, 5) is 52.0. The molecule has 1 aliphatic heterocycles. The number of carbonyl (C=O) groups is 4. The first-order chi connectivity index (χ1) is 19.4. The number of esters is 1. The number of aliphatic hydroxyl groups is 1. The Kier molecular flexibility index (Phi) is 17.5. The molecule has 3 amide bonds. The van der Waals surface area contributed by atoms with Gasteiger partial charge in [0.2, 0.25) is 17.7 Å². The number of cyclic esters (lactones) is 1. The number of aliphatic hydroxyl groups excluding tert-OH is 1. The lowest BCUT2D eigenvalue weighted by Crippen LogP contribution is -2.58. The van der Waals surface area contributed by atoms with Crippen LogP contribution in [0, 0.1) is 17.8 Å². The Labute approximate surface area is 248 Å². The summed E-state index contributed by atoms with van der Waals surface area (Å²) in [6.07, 6.45) is 13.7. The fourth-order valence-corrected chi connectivity index (χ4v) is 5.27. The molecule has 1 heterocycles. The van der Waals surface area contributed by atoms with Crippen molar-refractivity contribution < 1.29 is 29.0 Å². The zero-order chi connectivity index (χ0) is 30.9. The summed E-state index contributed by atoms with van der Waals surface area (Å²) < 4.78 is 5.76. The van der Waals surface area contributed by atoms with Crippen LogP contribution in [0.25, 0.3) is 0 Å². The van der Waals surface area contributed by atoms with Gasteiger partial charge in [-0.1, -0.05) is 118 Å². The van der Waals surface area contributed by atoms with Gasteiger partial charge < -0.3 is 25.8 Å². The highest BCUT2D eigenvalue weighted by atomic mass is 16.5. The molecule has 1 rings (SSSR count). The molecular weight excluding hydrogens is 522 g/mol. The smallest absolute Gasteiger partial charge is 0.354 e. The lowest BCUT2D eigenvalue weighted by Gasteiger charge is -2.30. The first kappa shape index (κ1) is 36.6. The first-order valence-corrected chi connectivity index (χ1v) is 15.9. The molecule has 1 fully saturated rings. The molecule has 4 N–H and O–H groups in total. The molecule has 0 radical (unpaired) electrons. The van der Waals surface area contributed by atoms with E-state index in [2.05, 4.69) is 29.5 Å². The molecular formula is C32H57N3O6. The standard InChI is InChI=1S/C32H57N3O6/c1-8-9-10-11-12-13-14-15-16-17-18-19-20-22(4)28-23(5)29(37)34-26(21(2)3)30(38)35-27(25(7)36)31(39)33-24(6)32(40)41-28/h21-23,25-28,36H,6,8-20H2,1-5,7H3,(H,33,39)(H,34,37)(H,35,38)/t22-,23+,25+,26-,27?,28?/m0/s1. The molecule has 9 nitrogen and oxygen atoms in total.